The number of amides is 1. The number of ether oxygens (including phenoxy) is 1. The maximum absolute atomic E-state index is 11.3. The van der Waals surface area contributed by atoms with Gasteiger partial charge in [0.1, 0.15) is 12.4 Å². The first-order chi connectivity index (χ1) is 9.06. The van der Waals surface area contributed by atoms with Gasteiger partial charge in [0.25, 0.3) is 0 Å². The maximum Gasteiger partial charge on any atom is 0.234 e. The van der Waals surface area contributed by atoms with Gasteiger partial charge >= 0.3 is 0 Å². The van der Waals surface area contributed by atoms with Gasteiger partial charge in [-0.15, -0.1) is 0 Å². The normalized spacial score (nSPS) is 23.5. The number of nitrogens with zero attached hydrogens (tertiary/aromatic N) is 1. The summed E-state index contributed by atoms with van der Waals surface area (Å²) in [7, 11) is 0. The summed E-state index contributed by atoms with van der Waals surface area (Å²) in [5, 5.41) is 9.58. The Morgan fingerprint density at radius 3 is 2.79 bits per heavy atom. The largest absolute Gasteiger partial charge is 0.492 e. The number of likely N-dealkylation sites (tertiary alicyclic amines) is 1. The van der Waals surface area contributed by atoms with Gasteiger partial charge in [-0.25, -0.2) is 0 Å². The second kappa shape index (κ2) is 6.04. The third-order valence-electron chi connectivity index (χ3n) is 3.38. The summed E-state index contributed by atoms with van der Waals surface area (Å²) >= 11 is 0. The Morgan fingerprint density at radius 1 is 1.47 bits per heavy atom. The van der Waals surface area contributed by atoms with E-state index in [4.69, 9.17) is 10.5 Å². The molecule has 0 bridgehead atoms. The van der Waals surface area contributed by atoms with E-state index < -0.39 is 6.10 Å². The van der Waals surface area contributed by atoms with Gasteiger partial charge in [0.05, 0.1) is 12.1 Å². The highest BCUT2D eigenvalue weighted by molar-refractivity contribution is 5.80. The molecular formula is C14H20N2O3. The van der Waals surface area contributed by atoms with Crippen LogP contribution in [0.15, 0.2) is 24.3 Å². The number of hydrogen-bond donors (Lipinski definition) is 2. The lowest BCUT2D eigenvalue weighted by molar-refractivity contribution is -0.122. The lowest BCUT2D eigenvalue weighted by atomic mass is 10.2. The van der Waals surface area contributed by atoms with Crippen LogP contribution in [0.1, 0.15) is 12.0 Å². The highest BCUT2D eigenvalue weighted by atomic mass is 16.5. The molecule has 2 unspecified atom stereocenters. The van der Waals surface area contributed by atoms with Gasteiger partial charge in [0, 0.05) is 13.1 Å². The van der Waals surface area contributed by atoms with E-state index in [9.17, 15) is 9.90 Å². The second-order valence-corrected chi connectivity index (χ2v) is 4.96. The number of rotatable bonds is 5. The minimum atomic E-state index is -0.475. The van der Waals surface area contributed by atoms with Gasteiger partial charge in [-0.2, -0.15) is 0 Å². The van der Waals surface area contributed by atoms with Gasteiger partial charge in [-0.1, -0.05) is 17.7 Å². The topological polar surface area (TPSA) is 75.8 Å². The van der Waals surface area contributed by atoms with Crippen LogP contribution >= 0.6 is 0 Å². The molecule has 1 amide bonds. The SMILES string of the molecule is Cc1ccc(OCCN2CC(O)CC2C(N)=O)cc1. The number of primary amides is 1. The summed E-state index contributed by atoms with van der Waals surface area (Å²) in [6, 6.07) is 7.43. The molecule has 0 radical (unpaired) electrons. The molecule has 3 N–H and O–H groups in total. The van der Waals surface area contributed by atoms with E-state index in [1.54, 1.807) is 0 Å². The van der Waals surface area contributed by atoms with Crippen molar-refractivity contribution in [2.24, 2.45) is 5.73 Å². The van der Waals surface area contributed by atoms with Gasteiger partial charge < -0.3 is 15.6 Å². The van der Waals surface area contributed by atoms with Gasteiger partial charge in [0.15, 0.2) is 0 Å². The quantitative estimate of drug-likeness (QED) is 0.801. The van der Waals surface area contributed by atoms with Crippen LogP contribution in [0.25, 0.3) is 0 Å². The van der Waals surface area contributed by atoms with E-state index in [1.165, 1.54) is 5.56 Å². The molecule has 5 heteroatoms. The van der Waals surface area contributed by atoms with Crippen molar-refractivity contribution in [2.75, 3.05) is 19.7 Å². The van der Waals surface area contributed by atoms with Crippen molar-refractivity contribution >= 4 is 5.91 Å². The van der Waals surface area contributed by atoms with Crippen LogP contribution in [0, 0.1) is 6.92 Å². The molecule has 1 saturated heterocycles. The molecule has 0 spiro atoms. The third-order valence-corrected chi connectivity index (χ3v) is 3.38. The number of β-amino-alcohol motifs (C(OH)–C–C–N with tert-alkyl or cyclic N) is 1. The second-order valence-electron chi connectivity index (χ2n) is 4.96. The number of hydrogen-bond acceptors (Lipinski definition) is 4. The zero-order valence-electron chi connectivity index (χ0n) is 11.1. The van der Waals surface area contributed by atoms with Crippen molar-refractivity contribution in [1.29, 1.82) is 0 Å². The fourth-order valence-electron chi connectivity index (χ4n) is 2.34. The minimum absolute atomic E-state index is 0.378. The predicted octanol–water partition coefficient (Wildman–Crippen LogP) is 0.294. The monoisotopic (exact) mass is 264 g/mol. The average molecular weight is 264 g/mol. The lowest BCUT2D eigenvalue weighted by Crippen LogP contribution is -2.42. The first kappa shape index (κ1) is 13.8. The summed E-state index contributed by atoms with van der Waals surface area (Å²) in [4.78, 5) is 13.1. The number of carbonyl (C=O) groups is 1. The maximum atomic E-state index is 11.3. The number of aliphatic hydroxyl groups is 1. The van der Waals surface area contributed by atoms with Gasteiger partial charge in [-0.3, -0.25) is 9.69 Å². The molecule has 19 heavy (non-hydrogen) atoms. The van der Waals surface area contributed by atoms with Gasteiger partial charge in [-0.05, 0) is 25.5 Å². The molecule has 1 aromatic rings. The average Bonchev–Trinajstić information content (AvgIpc) is 2.73. The van der Waals surface area contributed by atoms with Crippen molar-refractivity contribution in [3.63, 3.8) is 0 Å². The van der Waals surface area contributed by atoms with Crippen molar-refractivity contribution in [2.45, 2.75) is 25.5 Å². The van der Waals surface area contributed by atoms with Crippen LogP contribution < -0.4 is 10.5 Å². The number of aryl methyl sites for hydroxylation is 1. The molecule has 0 saturated carbocycles. The third kappa shape index (κ3) is 3.68. The Kier molecular flexibility index (Phi) is 4.39. The summed E-state index contributed by atoms with van der Waals surface area (Å²) in [5.74, 6) is 0.424. The van der Waals surface area contributed by atoms with E-state index in [0.29, 0.717) is 26.1 Å². The molecule has 5 nitrogen and oxygen atoms in total. The molecule has 1 aliphatic heterocycles. The number of benzene rings is 1. The number of nitrogens with two attached hydrogens (primary N) is 1. The fourth-order valence-corrected chi connectivity index (χ4v) is 2.34. The molecule has 1 aliphatic rings. The van der Waals surface area contributed by atoms with Crippen molar-refractivity contribution in [3.8, 4) is 5.75 Å². The Hall–Kier alpha value is -1.59. The molecule has 0 aliphatic carbocycles. The summed E-state index contributed by atoms with van der Waals surface area (Å²) < 4.78 is 5.61. The first-order valence-electron chi connectivity index (χ1n) is 6.47. The minimum Gasteiger partial charge on any atom is -0.492 e. The Morgan fingerprint density at radius 2 is 2.16 bits per heavy atom. The predicted molar refractivity (Wildman–Crippen MR) is 71.9 cm³/mol. The van der Waals surface area contributed by atoms with Crippen molar-refractivity contribution < 1.29 is 14.6 Å². The number of carbonyl (C=O) groups excluding carboxylic acids is 1. The molecule has 2 atom stereocenters. The van der Waals surface area contributed by atoms with E-state index in [1.807, 2.05) is 36.1 Å². The van der Waals surface area contributed by atoms with Gasteiger partial charge in [0.2, 0.25) is 5.91 Å². The van der Waals surface area contributed by atoms with Crippen molar-refractivity contribution in [1.82, 2.24) is 4.90 Å². The highest BCUT2D eigenvalue weighted by Crippen LogP contribution is 2.17. The van der Waals surface area contributed by atoms with Crippen LogP contribution in [0.2, 0.25) is 0 Å². The zero-order valence-corrected chi connectivity index (χ0v) is 11.1. The summed E-state index contributed by atoms with van der Waals surface area (Å²) in [6.45, 7) is 3.55. The summed E-state index contributed by atoms with van der Waals surface area (Å²) in [5.41, 5.74) is 6.50. The Bertz CT molecular complexity index is 433. The Labute approximate surface area is 113 Å². The van der Waals surface area contributed by atoms with E-state index in [2.05, 4.69) is 0 Å². The first-order valence-corrected chi connectivity index (χ1v) is 6.47. The molecule has 104 valence electrons. The highest BCUT2D eigenvalue weighted by Gasteiger charge is 2.34. The standard InChI is InChI=1S/C14H20N2O3/c1-10-2-4-12(5-3-10)19-7-6-16-9-11(17)8-13(16)14(15)18/h2-5,11,13,17H,6-9H2,1H3,(H2,15,18). The van der Waals surface area contributed by atoms with E-state index >= 15 is 0 Å². The summed E-state index contributed by atoms with van der Waals surface area (Å²) in [6.07, 6.45) is -0.0586. The van der Waals surface area contributed by atoms with Crippen LogP contribution in [0.3, 0.4) is 0 Å². The number of aliphatic hydroxyl groups excluding tert-OH is 1. The molecule has 1 fully saturated rings. The zero-order chi connectivity index (χ0) is 13.8. The van der Waals surface area contributed by atoms with Crippen LogP contribution in [-0.4, -0.2) is 47.8 Å². The lowest BCUT2D eigenvalue weighted by Gasteiger charge is -2.21. The molecule has 2 rings (SSSR count). The molecule has 0 aromatic heterocycles. The van der Waals surface area contributed by atoms with Crippen LogP contribution in [0.5, 0.6) is 5.75 Å². The fraction of sp³-hybridized carbons (Fsp3) is 0.500. The van der Waals surface area contributed by atoms with E-state index in [-0.39, 0.29) is 11.9 Å². The van der Waals surface area contributed by atoms with E-state index in [0.717, 1.165) is 5.75 Å². The molecule has 1 aromatic carbocycles. The van der Waals surface area contributed by atoms with Crippen LogP contribution in [-0.2, 0) is 4.79 Å². The van der Waals surface area contributed by atoms with Crippen LogP contribution in [0.4, 0.5) is 0 Å². The molecule has 1 heterocycles. The Balaban J connectivity index is 1.81. The smallest absolute Gasteiger partial charge is 0.234 e. The molecular weight excluding hydrogens is 244 g/mol. The van der Waals surface area contributed by atoms with Crippen molar-refractivity contribution in [3.05, 3.63) is 29.8 Å².